The number of rotatable bonds is 8. The summed E-state index contributed by atoms with van der Waals surface area (Å²) in [5.41, 5.74) is 3.02. The van der Waals surface area contributed by atoms with Gasteiger partial charge < -0.3 is 29.6 Å². The van der Waals surface area contributed by atoms with E-state index in [1.165, 1.54) is 12.1 Å². The number of aryl methyl sites for hydroxylation is 1. The number of esters is 1. The molecule has 3 aromatic rings. The molecule has 0 fully saturated rings. The van der Waals surface area contributed by atoms with Crippen LogP contribution in [0.4, 0.5) is 9.18 Å². The number of urea groups is 1. The maximum Gasteiger partial charge on any atom is 0.338 e. The van der Waals surface area contributed by atoms with E-state index in [-0.39, 0.29) is 24.8 Å². The lowest BCUT2D eigenvalue weighted by molar-refractivity contribution is -0.140. The van der Waals surface area contributed by atoms with Crippen LogP contribution in [-0.4, -0.2) is 25.9 Å². The van der Waals surface area contributed by atoms with Crippen molar-refractivity contribution in [3.63, 3.8) is 0 Å². The number of ether oxygens (including phenoxy) is 4. The van der Waals surface area contributed by atoms with E-state index in [2.05, 4.69) is 10.6 Å². The summed E-state index contributed by atoms with van der Waals surface area (Å²) in [6, 6.07) is 17.3. The molecule has 2 N–H and O–H groups in total. The third-order valence-corrected chi connectivity index (χ3v) is 6.18. The zero-order chi connectivity index (χ0) is 25.8. The lowest BCUT2D eigenvalue weighted by Crippen LogP contribution is -2.46. The second-order valence-corrected chi connectivity index (χ2v) is 8.59. The molecular weight excluding hydrogens is 479 g/mol. The van der Waals surface area contributed by atoms with Gasteiger partial charge in [-0.1, -0.05) is 30.3 Å². The minimum atomic E-state index is -0.753. The average Bonchev–Trinajstić information content (AvgIpc) is 3.39. The highest BCUT2D eigenvalue weighted by Gasteiger charge is 2.34. The van der Waals surface area contributed by atoms with Crippen LogP contribution in [0.25, 0.3) is 0 Å². The highest BCUT2D eigenvalue weighted by molar-refractivity contribution is 5.95. The number of methoxy groups -OCH3 is 1. The largest absolute Gasteiger partial charge is 0.497 e. The Morgan fingerprint density at radius 2 is 1.78 bits per heavy atom. The summed E-state index contributed by atoms with van der Waals surface area (Å²) in [5.74, 6) is 0.965. The number of carbonyl (C=O) groups excluding carboxylic acids is 2. The maximum absolute atomic E-state index is 13.4. The number of benzene rings is 3. The molecule has 0 saturated carbocycles. The molecule has 9 heteroatoms. The second-order valence-electron chi connectivity index (χ2n) is 8.59. The number of allylic oxidation sites excluding steroid dienone is 1. The van der Waals surface area contributed by atoms with Gasteiger partial charge in [-0.25, -0.2) is 14.0 Å². The first kappa shape index (κ1) is 24.2. The first-order valence-corrected chi connectivity index (χ1v) is 11.7. The van der Waals surface area contributed by atoms with Crippen molar-refractivity contribution in [3.05, 3.63) is 101 Å². The summed E-state index contributed by atoms with van der Waals surface area (Å²) in [4.78, 5) is 26.1. The Kier molecular flexibility index (Phi) is 6.93. The summed E-state index contributed by atoms with van der Waals surface area (Å²) in [6.45, 7) is 0.134. The SMILES string of the molecule is COc1cccc(C2NC(=O)NC(CCc3ccc4c(c3)OCO4)=C2C(=O)OCc2ccc(F)cc2)c1. The maximum atomic E-state index is 13.4. The fourth-order valence-corrected chi connectivity index (χ4v) is 4.30. The van der Waals surface area contributed by atoms with Crippen LogP contribution in [0, 0.1) is 5.82 Å². The summed E-state index contributed by atoms with van der Waals surface area (Å²) in [5, 5.41) is 5.63. The second kappa shape index (κ2) is 10.6. The summed E-state index contributed by atoms with van der Waals surface area (Å²) >= 11 is 0. The normalized spacial score (nSPS) is 16.2. The molecule has 0 aromatic heterocycles. The van der Waals surface area contributed by atoms with Gasteiger partial charge in [-0.2, -0.15) is 0 Å². The molecule has 2 amide bonds. The zero-order valence-corrected chi connectivity index (χ0v) is 20.1. The summed E-state index contributed by atoms with van der Waals surface area (Å²) < 4.78 is 35.1. The van der Waals surface area contributed by atoms with Crippen molar-refractivity contribution >= 4 is 12.0 Å². The van der Waals surface area contributed by atoms with Crippen molar-refractivity contribution < 1.29 is 32.9 Å². The van der Waals surface area contributed by atoms with Gasteiger partial charge in [0.05, 0.1) is 18.7 Å². The molecule has 190 valence electrons. The van der Waals surface area contributed by atoms with E-state index in [1.807, 2.05) is 24.3 Å². The number of fused-ring (bicyclic) bond motifs is 1. The van der Waals surface area contributed by atoms with Crippen LogP contribution in [0.15, 0.2) is 78.0 Å². The fraction of sp³-hybridized carbons (Fsp3) is 0.214. The molecule has 8 nitrogen and oxygen atoms in total. The van der Waals surface area contributed by atoms with Crippen LogP contribution < -0.4 is 24.8 Å². The quantitative estimate of drug-likeness (QED) is 0.437. The van der Waals surface area contributed by atoms with Gasteiger partial charge in [0.2, 0.25) is 6.79 Å². The Balaban J connectivity index is 1.45. The molecule has 3 aromatic carbocycles. The molecule has 0 radical (unpaired) electrons. The predicted molar refractivity (Wildman–Crippen MR) is 132 cm³/mol. The van der Waals surface area contributed by atoms with Gasteiger partial charge in [-0.05, 0) is 65.9 Å². The van der Waals surface area contributed by atoms with E-state index in [4.69, 9.17) is 18.9 Å². The van der Waals surface area contributed by atoms with Gasteiger partial charge in [0, 0.05) is 5.70 Å². The number of hydrogen-bond acceptors (Lipinski definition) is 6. The van der Waals surface area contributed by atoms with Gasteiger partial charge in [0.15, 0.2) is 11.5 Å². The lowest BCUT2D eigenvalue weighted by atomic mass is 9.93. The van der Waals surface area contributed by atoms with Crippen molar-refractivity contribution in [1.29, 1.82) is 0 Å². The minimum Gasteiger partial charge on any atom is -0.497 e. The third kappa shape index (κ3) is 5.50. The van der Waals surface area contributed by atoms with Gasteiger partial charge in [-0.15, -0.1) is 0 Å². The first-order valence-electron chi connectivity index (χ1n) is 11.7. The monoisotopic (exact) mass is 504 g/mol. The Bertz CT molecular complexity index is 1360. The predicted octanol–water partition coefficient (Wildman–Crippen LogP) is 4.55. The lowest BCUT2D eigenvalue weighted by Gasteiger charge is -2.29. The van der Waals surface area contributed by atoms with Crippen molar-refractivity contribution in [3.8, 4) is 17.2 Å². The summed E-state index contributed by atoms with van der Waals surface area (Å²) in [7, 11) is 1.55. The molecule has 2 heterocycles. The molecule has 37 heavy (non-hydrogen) atoms. The smallest absolute Gasteiger partial charge is 0.338 e. The number of carbonyl (C=O) groups is 2. The molecule has 1 atom stereocenters. The topological polar surface area (TPSA) is 95.1 Å². The molecule has 0 spiro atoms. The number of halogens is 1. The molecule has 2 aliphatic rings. The van der Waals surface area contributed by atoms with Crippen LogP contribution in [0.5, 0.6) is 17.2 Å². The van der Waals surface area contributed by atoms with Crippen LogP contribution >= 0.6 is 0 Å². The van der Waals surface area contributed by atoms with Crippen molar-refractivity contribution in [2.45, 2.75) is 25.5 Å². The Hall–Kier alpha value is -4.53. The number of nitrogens with one attached hydrogen (secondary N) is 2. The van der Waals surface area contributed by atoms with Crippen LogP contribution in [-0.2, 0) is 22.6 Å². The van der Waals surface area contributed by atoms with Gasteiger partial charge >= 0.3 is 12.0 Å². The highest BCUT2D eigenvalue weighted by atomic mass is 19.1. The molecule has 5 rings (SSSR count). The summed E-state index contributed by atoms with van der Waals surface area (Å²) in [6.07, 6.45) is 0.903. The van der Waals surface area contributed by atoms with E-state index in [0.29, 0.717) is 46.9 Å². The van der Waals surface area contributed by atoms with Crippen LogP contribution in [0.1, 0.15) is 29.2 Å². The zero-order valence-electron chi connectivity index (χ0n) is 20.1. The fourth-order valence-electron chi connectivity index (χ4n) is 4.30. The Labute approximate surface area is 213 Å². The number of amides is 2. The average molecular weight is 505 g/mol. The van der Waals surface area contributed by atoms with Gasteiger partial charge in [0.1, 0.15) is 18.2 Å². The van der Waals surface area contributed by atoms with Crippen LogP contribution in [0.3, 0.4) is 0 Å². The third-order valence-electron chi connectivity index (χ3n) is 6.18. The van der Waals surface area contributed by atoms with E-state index in [9.17, 15) is 14.0 Å². The van der Waals surface area contributed by atoms with E-state index < -0.39 is 18.0 Å². The number of hydrogen-bond donors (Lipinski definition) is 2. The molecule has 1 unspecified atom stereocenters. The first-order chi connectivity index (χ1) is 18.0. The van der Waals surface area contributed by atoms with Crippen LogP contribution in [0.2, 0.25) is 0 Å². The van der Waals surface area contributed by atoms with Crippen molar-refractivity contribution in [2.75, 3.05) is 13.9 Å². The standard InChI is InChI=1S/C28H25FN2O6/c1-34-21-4-2-3-19(14-21)26-25(27(32)35-15-18-5-9-20(29)10-6-18)22(30-28(33)31-26)11-7-17-8-12-23-24(13-17)37-16-36-23/h2-6,8-10,12-14,26H,7,11,15-16H2,1H3,(H2,30,31,33). The van der Waals surface area contributed by atoms with E-state index in [1.54, 1.807) is 37.4 Å². The van der Waals surface area contributed by atoms with E-state index >= 15 is 0 Å². The molecule has 0 aliphatic carbocycles. The van der Waals surface area contributed by atoms with Gasteiger partial charge in [0.25, 0.3) is 0 Å². The van der Waals surface area contributed by atoms with Crippen molar-refractivity contribution in [1.82, 2.24) is 10.6 Å². The Morgan fingerprint density at radius 3 is 2.59 bits per heavy atom. The minimum absolute atomic E-state index is 0.0448. The van der Waals surface area contributed by atoms with E-state index in [0.717, 1.165) is 5.56 Å². The van der Waals surface area contributed by atoms with Gasteiger partial charge in [-0.3, -0.25) is 0 Å². The van der Waals surface area contributed by atoms with Crippen molar-refractivity contribution in [2.24, 2.45) is 0 Å². The molecule has 2 aliphatic heterocycles. The molecule has 0 bridgehead atoms. The Morgan fingerprint density at radius 1 is 1.00 bits per heavy atom. The highest BCUT2D eigenvalue weighted by Crippen LogP contribution is 2.34. The molecular formula is C28H25FN2O6. The molecule has 0 saturated heterocycles.